The Hall–Kier alpha value is -2.07. The Kier molecular flexibility index (Phi) is 4.58. The van der Waals surface area contributed by atoms with Gasteiger partial charge in [0.15, 0.2) is 0 Å². The quantitative estimate of drug-likeness (QED) is 0.858. The van der Waals surface area contributed by atoms with Crippen LogP contribution in [0.4, 0.5) is 0 Å². The van der Waals surface area contributed by atoms with E-state index in [9.17, 15) is 0 Å². The molecule has 0 unspecified atom stereocenters. The predicted octanol–water partition coefficient (Wildman–Crippen LogP) is 3.22. The maximum absolute atomic E-state index is 5.79. The number of hydrogen-bond donors (Lipinski definition) is 1. The second-order valence-electron chi connectivity index (χ2n) is 4.50. The highest BCUT2D eigenvalue weighted by Gasteiger charge is 2.05. The lowest BCUT2D eigenvalue weighted by atomic mass is 10.1. The molecule has 2 N–H and O–H groups in total. The Bertz CT molecular complexity index is 626. The van der Waals surface area contributed by atoms with E-state index < -0.39 is 0 Å². The van der Waals surface area contributed by atoms with Crippen molar-refractivity contribution < 1.29 is 9.47 Å². The van der Waals surface area contributed by atoms with Crippen LogP contribution in [-0.2, 0) is 6.61 Å². The van der Waals surface area contributed by atoms with Crippen LogP contribution in [0, 0.1) is 6.92 Å². The van der Waals surface area contributed by atoms with Crippen molar-refractivity contribution in [1.29, 1.82) is 0 Å². The van der Waals surface area contributed by atoms with Crippen LogP contribution < -0.4 is 15.2 Å². The summed E-state index contributed by atoms with van der Waals surface area (Å²) < 4.78 is 11.1. The molecular weight excluding hydrogens is 270 g/mol. The summed E-state index contributed by atoms with van der Waals surface area (Å²) in [5.74, 6) is 1.56. The van der Waals surface area contributed by atoms with E-state index >= 15 is 0 Å². The molecule has 0 saturated heterocycles. The van der Waals surface area contributed by atoms with Crippen LogP contribution in [0.2, 0.25) is 0 Å². The first-order valence-corrected chi connectivity index (χ1v) is 6.67. The maximum atomic E-state index is 5.79. The third-order valence-corrected chi connectivity index (χ3v) is 3.18. The summed E-state index contributed by atoms with van der Waals surface area (Å²) in [4.78, 5) is 0.364. The zero-order valence-corrected chi connectivity index (χ0v) is 12.4. The fraction of sp³-hybridized carbons (Fsp3) is 0.188. The predicted molar refractivity (Wildman–Crippen MR) is 84.4 cm³/mol. The van der Waals surface area contributed by atoms with Crippen LogP contribution in [0.5, 0.6) is 11.5 Å². The molecule has 0 aliphatic rings. The molecule has 2 rings (SSSR count). The molecule has 0 aliphatic carbocycles. The van der Waals surface area contributed by atoms with E-state index in [1.807, 2.05) is 43.3 Å². The molecule has 104 valence electrons. The highest BCUT2D eigenvalue weighted by atomic mass is 32.1. The van der Waals surface area contributed by atoms with E-state index in [0.29, 0.717) is 11.6 Å². The van der Waals surface area contributed by atoms with Crippen LogP contribution in [-0.4, -0.2) is 12.1 Å². The smallest absolute Gasteiger partial charge is 0.125 e. The second kappa shape index (κ2) is 6.39. The van der Waals surface area contributed by atoms with Gasteiger partial charge in [-0.3, -0.25) is 0 Å². The van der Waals surface area contributed by atoms with E-state index in [0.717, 1.165) is 22.6 Å². The van der Waals surface area contributed by atoms with Gasteiger partial charge in [0.25, 0.3) is 0 Å². The standard InChI is InChI=1S/C16H17NO2S/c1-11-6-7-15(18-2)13(8-11)10-19-14-5-3-4-12(9-14)16(17)20/h3-9H,10H2,1-2H3,(H2,17,20). The van der Waals surface area contributed by atoms with E-state index in [1.165, 1.54) is 5.56 Å². The minimum Gasteiger partial charge on any atom is -0.496 e. The van der Waals surface area contributed by atoms with Gasteiger partial charge in [-0.15, -0.1) is 0 Å². The van der Waals surface area contributed by atoms with Gasteiger partial charge in [-0.25, -0.2) is 0 Å². The normalized spacial score (nSPS) is 10.1. The Morgan fingerprint density at radius 2 is 2.00 bits per heavy atom. The number of ether oxygens (including phenoxy) is 2. The van der Waals surface area contributed by atoms with Crippen molar-refractivity contribution in [3.8, 4) is 11.5 Å². The minimum absolute atomic E-state index is 0.364. The van der Waals surface area contributed by atoms with Gasteiger partial charge in [0, 0.05) is 11.1 Å². The molecule has 3 nitrogen and oxygen atoms in total. The number of benzene rings is 2. The van der Waals surface area contributed by atoms with Crippen molar-refractivity contribution >= 4 is 17.2 Å². The van der Waals surface area contributed by atoms with Gasteiger partial charge in [-0.1, -0.05) is 36.0 Å². The van der Waals surface area contributed by atoms with Gasteiger partial charge in [-0.05, 0) is 31.2 Å². The van der Waals surface area contributed by atoms with Gasteiger partial charge >= 0.3 is 0 Å². The fourth-order valence-electron chi connectivity index (χ4n) is 1.92. The summed E-state index contributed by atoms with van der Waals surface area (Å²) in [5.41, 5.74) is 8.59. The summed E-state index contributed by atoms with van der Waals surface area (Å²) in [7, 11) is 1.65. The largest absolute Gasteiger partial charge is 0.496 e. The molecule has 0 aromatic heterocycles. The summed E-state index contributed by atoms with van der Waals surface area (Å²) in [6.07, 6.45) is 0. The summed E-state index contributed by atoms with van der Waals surface area (Å²) >= 11 is 4.96. The molecule has 0 fully saturated rings. The lowest BCUT2D eigenvalue weighted by molar-refractivity contribution is 0.296. The topological polar surface area (TPSA) is 44.5 Å². The minimum atomic E-state index is 0.364. The molecule has 0 spiro atoms. The Morgan fingerprint density at radius 1 is 1.20 bits per heavy atom. The van der Waals surface area contributed by atoms with Crippen molar-refractivity contribution in [2.45, 2.75) is 13.5 Å². The lowest BCUT2D eigenvalue weighted by Gasteiger charge is -2.11. The molecule has 4 heteroatoms. The zero-order valence-electron chi connectivity index (χ0n) is 11.6. The van der Waals surface area contributed by atoms with Crippen molar-refractivity contribution in [3.63, 3.8) is 0 Å². The first-order valence-electron chi connectivity index (χ1n) is 6.26. The van der Waals surface area contributed by atoms with Crippen molar-refractivity contribution in [2.75, 3.05) is 7.11 Å². The zero-order chi connectivity index (χ0) is 14.5. The fourth-order valence-corrected chi connectivity index (χ4v) is 2.05. The maximum Gasteiger partial charge on any atom is 0.125 e. The molecule has 20 heavy (non-hydrogen) atoms. The molecule has 0 saturated carbocycles. The molecule has 2 aromatic rings. The third-order valence-electron chi connectivity index (χ3n) is 2.95. The van der Waals surface area contributed by atoms with Crippen LogP contribution in [0.3, 0.4) is 0 Å². The summed E-state index contributed by atoms with van der Waals surface area (Å²) in [6.45, 7) is 2.47. The van der Waals surface area contributed by atoms with Gasteiger partial charge in [-0.2, -0.15) is 0 Å². The molecule has 0 aliphatic heterocycles. The average Bonchev–Trinajstić information content (AvgIpc) is 2.45. The van der Waals surface area contributed by atoms with Gasteiger partial charge in [0.2, 0.25) is 0 Å². The Labute approximate surface area is 124 Å². The van der Waals surface area contributed by atoms with E-state index in [2.05, 4.69) is 6.07 Å². The number of nitrogens with two attached hydrogens (primary N) is 1. The summed E-state index contributed by atoms with van der Waals surface area (Å²) in [5, 5.41) is 0. The number of methoxy groups -OCH3 is 1. The molecule has 0 bridgehead atoms. The highest BCUT2D eigenvalue weighted by Crippen LogP contribution is 2.22. The summed E-state index contributed by atoms with van der Waals surface area (Å²) in [6, 6.07) is 13.5. The Balaban J connectivity index is 2.14. The number of rotatable bonds is 5. The van der Waals surface area contributed by atoms with Gasteiger partial charge < -0.3 is 15.2 Å². The Morgan fingerprint density at radius 3 is 2.70 bits per heavy atom. The van der Waals surface area contributed by atoms with Crippen molar-refractivity contribution in [3.05, 3.63) is 59.2 Å². The molecular formula is C16H17NO2S. The van der Waals surface area contributed by atoms with Crippen LogP contribution in [0.1, 0.15) is 16.7 Å². The third kappa shape index (κ3) is 3.48. The lowest BCUT2D eigenvalue weighted by Crippen LogP contribution is -2.09. The van der Waals surface area contributed by atoms with Crippen LogP contribution in [0.15, 0.2) is 42.5 Å². The number of thiocarbonyl (C=S) groups is 1. The number of hydrogen-bond acceptors (Lipinski definition) is 3. The van der Waals surface area contributed by atoms with Crippen molar-refractivity contribution in [1.82, 2.24) is 0 Å². The SMILES string of the molecule is COc1ccc(C)cc1COc1cccc(C(N)=S)c1. The van der Waals surface area contributed by atoms with E-state index in [4.69, 9.17) is 27.4 Å². The van der Waals surface area contributed by atoms with E-state index in [-0.39, 0.29) is 0 Å². The molecule has 2 aromatic carbocycles. The van der Waals surface area contributed by atoms with Gasteiger partial charge in [0.1, 0.15) is 23.1 Å². The van der Waals surface area contributed by atoms with E-state index in [1.54, 1.807) is 7.11 Å². The van der Waals surface area contributed by atoms with Crippen molar-refractivity contribution in [2.24, 2.45) is 5.73 Å². The van der Waals surface area contributed by atoms with Crippen LogP contribution >= 0.6 is 12.2 Å². The molecule has 0 atom stereocenters. The van der Waals surface area contributed by atoms with Gasteiger partial charge in [0.05, 0.1) is 7.11 Å². The molecule has 0 heterocycles. The molecule has 0 radical (unpaired) electrons. The first kappa shape index (κ1) is 14.3. The van der Waals surface area contributed by atoms with Crippen LogP contribution in [0.25, 0.3) is 0 Å². The first-order chi connectivity index (χ1) is 9.60. The average molecular weight is 287 g/mol. The molecule has 0 amide bonds. The highest BCUT2D eigenvalue weighted by molar-refractivity contribution is 7.80. The monoisotopic (exact) mass is 287 g/mol. The second-order valence-corrected chi connectivity index (χ2v) is 4.94. The number of aryl methyl sites for hydroxylation is 1.